The fourth-order valence-corrected chi connectivity index (χ4v) is 1.20. The second kappa shape index (κ2) is 5.93. The van der Waals surface area contributed by atoms with Gasteiger partial charge in [-0.1, -0.05) is 30.3 Å². The van der Waals surface area contributed by atoms with Crippen molar-refractivity contribution in [2.24, 2.45) is 0 Å². The SMILES string of the molecule is O=CCOC(Cc1ccccc1)C(=O)O. The van der Waals surface area contributed by atoms with Gasteiger partial charge in [-0.2, -0.15) is 0 Å². The van der Waals surface area contributed by atoms with Crippen LogP contribution in [0.5, 0.6) is 0 Å². The van der Waals surface area contributed by atoms with Gasteiger partial charge in [0.2, 0.25) is 0 Å². The molecule has 1 aromatic rings. The minimum atomic E-state index is -1.05. The Morgan fingerprint density at radius 1 is 1.40 bits per heavy atom. The maximum Gasteiger partial charge on any atom is 0.333 e. The lowest BCUT2D eigenvalue weighted by Gasteiger charge is -2.11. The predicted octanol–water partition coefficient (Wildman–Crippen LogP) is 0.898. The zero-order chi connectivity index (χ0) is 11.1. The zero-order valence-corrected chi connectivity index (χ0v) is 8.13. The maximum absolute atomic E-state index is 10.8. The van der Waals surface area contributed by atoms with Crippen LogP contribution in [0.15, 0.2) is 30.3 Å². The summed E-state index contributed by atoms with van der Waals surface area (Å²) in [5, 5.41) is 8.82. The highest BCUT2D eigenvalue weighted by Crippen LogP contribution is 2.05. The van der Waals surface area contributed by atoms with E-state index >= 15 is 0 Å². The molecule has 1 rings (SSSR count). The first-order valence-electron chi connectivity index (χ1n) is 4.56. The molecule has 80 valence electrons. The summed E-state index contributed by atoms with van der Waals surface area (Å²) in [6.45, 7) is -0.191. The molecule has 15 heavy (non-hydrogen) atoms. The van der Waals surface area contributed by atoms with Crippen LogP contribution in [0.25, 0.3) is 0 Å². The second-order valence-electron chi connectivity index (χ2n) is 3.02. The minimum absolute atomic E-state index is 0.191. The summed E-state index contributed by atoms with van der Waals surface area (Å²) in [5.41, 5.74) is 0.871. The third-order valence-corrected chi connectivity index (χ3v) is 1.90. The van der Waals surface area contributed by atoms with E-state index in [-0.39, 0.29) is 13.0 Å². The fraction of sp³-hybridized carbons (Fsp3) is 0.273. The van der Waals surface area contributed by atoms with Gasteiger partial charge < -0.3 is 14.6 Å². The number of hydrogen-bond acceptors (Lipinski definition) is 3. The van der Waals surface area contributed by atoms with E-state index in [2.05, 4.69) is 0 Å². The quantitative estimate of drug-likeness (QED) is 0.705. The summed E-state index contributed by atoms with van der Waals surface area (Å²) in [5.74, 6) is -1.05. The summed E-state index contributed by atoms with van der Waals surface area (Å²) in [6, 6.07) is 9.15. The third-order valence-electron chi connectivity index (χ3n) is 1.90. The molecule has 0 heterocycles. The van der Waals surface area contributed by atoms with Crippen molar-refractivity contribution < 1.29 is 19.4 Å². The van der Waals surface area contributed by atoms with Crippen molar-refractivity contribution in [3.8, 4) is 0 Å². The van der Waals surface area contributed by atoms with Crippen LogP contribution < -0.4 is 0 Å². The lowest BCUT2D eigenvalue weighted by molar-refractivity contribution is -0.150. The van der Waals surface area contributed by atoms with Crippen LogP contribution in [0.4, 0.5) is 0 Å². The van der Waals surface area contributed by atoms with Gasteiger partial charge in [-0.05, 0) is 5.56 Å². The Labute approximate surface area is 87.5 Å². The average Bonchev–Trinajstić information content (AvgIpc) is 2.25. The van der Waals surface area contributed by atoms with Crippen LogP contribution in [0.3, 0.4) is 0 Å². The number of carboxylic acid groups (broad SMARTS) is 1. The zero-order valence-electron chi connectivity index (χ0n) is 8.13. The van der Waals surface area contributed by atoms with Crippen LogP contribution >= 0.6 is 0 Å². The van der Waals surface area contributed by atoms with Crippen molar-refractivity contribution in [1.29, 1.82) is 0 Å². The number of carbonyl (C=O) groups excluding carboxylic acids is 1. The Kier molecular flexibility index (Phi) is 4.50. The summed E-state index contributed by atoms with van der Waals surface area (Å²) >= 11 is 0. The largest absolute Gasteiger partial charge is 0.479 e. The molecule has 0 spiro atoms. The molecule has 1 atom stereocenters. The van der Waals surface area contributed by atoms with Crippen molar-refractivity contribution in [2.75, 3.05) is 6.61 Å². The number of ether oxygens (including phenoxy) is 1. The van der Waals surface area contributed by atoms with Gasteiger partial charge in [0.25, 0.3) is 0 Å². The van der Waals surface area contributed by atoms with Crippen LogP contribution in [-0.2, 0) is 20.7 Å². The molecule has 0 aliphatic heterocycles. The van der Waals surface area contributed by atoms with E-state index in [4.69, 9.17) is 9.84 Å². The van der Waals surface area contributed by atoms with Crippen molar-refractivity contribution in [1.82, 2.24) is 0 Å². The van der Waals surface area contributed by atoms with E-state index < -0.39 is 12.1 Å². The van der Waals surface area contributed by atoms with Gasteiger partial charge in [-0.25, -0.2) is 4.79 Å². The first kappa shape index (κ1) is 11.4. The Morgan fingerprint density at radius 3 is 2.60 bits per heavy atom. The van der Waals surface area contributed by atoms with Gasteiger partial charge in [0.15, 0.2) is 6.10 Å². The molecule has 0 fully saturated rings. The summed E-state index contributed by atoms with van der Waals surface area (Å²) < 4.78 is 4.89. The molecule has 0 saturated carbocycles. The van der Waals surface area contributed by atoms with E-state index in [0.717, 1.165) is 5.56 Å². The molecule has 1 aromatic carbocycles. The van der Waals surface area contributed by atoms with Crippen LogP contribution in [0.2, 0.25) is 0 Å². The summed E-state index contributed by atoms with van der Waals surface area (Å²) in [4.78, 5) is 20.8. The van der Waals surface area contributed by atoms with Crippen molar-refractivity contribution in [3.63, 3.8) is 0 Å². The van der Waals surface area contributed by atoms with E-state index in [1.54, 1.807) is 0 Å². The molecule has 4 heteroatoms. The molecule has 1 unspecified atom stereocenters. The summed E-state index contributed by atoms with van der Waals surface area (Å²) in [7, 11) is 0. The Balaban J connectivity index is 2.58. The van der Waals surface area contributed by atoms with Gasteiger partial charge in [-0.15, -0.1) is 0 Å². The topological polar surface area (TPSA) is 63.6 Å². The molecule has 0 radical (unpaired) electrons. The molecule has 0 saturated heterocycles. The van der Waals surface area contributed by atoms with Crippen LogP contribution in [0.1, 0.15) is 5.56 Å². The molecular formula is C11H12O4. The standard InChI is InChI=1S/C11H12O4/c12-6-7-15-10(11(13)14)8-9-4-2-1-3-5-9/h1-6,10H,7-8H2,(H,13,14). The molecule has 4 nitrogen and oxygen atoms in total. The van der Waals surface area contributed by atoms with Crippen molar-refractivity contribution in [3.05, 3.63) is 35.9 Å². The molecule has 0 aliphatic carbocycles. The van der Waals surface area contributed by atoms with Gasteiger partial charge in [0.1, 0.15) is 12.9 Å². The van der Waals surface area contributed by atoms with E-state index in [0.29, 0.717) is 6.29 Å². The number of carboxylic acids is 1. The Morgan fingerprint density at radius 2 is 2.07 bits per heavy atom. The van der Waals surface area contributed by atoms with E-state index in [1.165, 1.54) is 0 Å². The van der Waals surface area contributed by atoms with Gasteiger partial charge in [0.05, 0.1) is 0 Å². The van der Waals surface area contributed by atoms with Gasteiger partial charge in [-0.3, -0.25) is 0 Å². The predicted molar refractivity (Wildman–Crippen MR) is 53.6 cm³/mol. The van der Waals surface area contributed by atoms with Crippen LogP contribution in [0, 0.1) is 0 Å². The minimum Gasteiger partial charge on any atom is -0.479 e. The monoisotopic (exact) mass is 208 g/mol. The number of aldehydes is 1. The molecule has 0 bridgehead atoms. The normalized spacial score (nSPS) is 12.0. The molecule has 0 aliphatic rings. The van der Waals surface area contributed by atoms with Crippen molar-refractivity contribution in [2.45, 2.75) is 12.5 Å². The third kappa shape index (κ3) is 3.91. The number of benzene rings is 1. The molecular weight excluding hydrogens is 196 g/mol. The summed E-state index contributed by atoms with van der Waals surface area (Å²) in [6.07, 6.45) is -0.150. The van der Waals surface area contributed by atoms with Gasteiger partial charge in [0, 0.05) is 6.42 Å². The van der Waals surface area contributed by atoms with Crippen LogP contribution in [-0.4, -0.2) is 30.1 Å². The number of hydrogen-bond donors (Lipinski definition) is 1. The Bertz CT molecular complexity index is 321. The number of carbonyl (C=O) groups is 2. The number of rotatable bonds is 6. The smallest absolute Gasteiger partial charge is 0.333 e. The van der Waals surface area contributed by atoms with E-state index in [1.807, 2.05) is 30.3 Å². The number of aliphatic carboxylic acids is 1. The maximum atomic E-state index is 10.8. The lowest BCUT2D eigenvalue weighted by atomic mass is 10.1. The van der Waals surface area contributed by atoms with Gasteiger partial charge >= 0.3 is 5.97 Å². The van der Waals surface area contributed by atoms with E-state index in [9.17, 15) is 9.59 Å². The highest BCUT2D eigenvalue weighted by molar-refractivity contribution is 5.73. The first-order chi connectivity index (χ1) is 7.24. The molecule has 0 aromatic heterocycles. The van der Waals surface area contributed by atoms with Crippen molar-refractivity contribution >= 4 is 12.3 Å². The lowest BCUT2D eigenvalue weighted by Crippen LogP contribution is -2.27. The Hall–Kier alpha value is -1.68. The molecule has 1 N–H and O–H groups in total. The second-order valence-corrected chi connectivity index (χ2v) is 3.02. The molecule has 0 amide bonds. The highest BCUT2D eigenvalue weighted by atomic mass is 16.5. The first-order valence-corrected chi connectivity index (χ1v) is 4.56. The highest BCUT2D eigenvalue weighted by Gasteiger charge is 2.17. The fourth-order valence-electron chi connectivity index (χ4n) is 1.20. The average molecular weight is 208 g/mol.